The van der Waals surface area contributed by atoms with E-state index in [1.165, 1.54) is 0 Å². The molecule has 1 fully saturated rings. The van der Waals surface area contributed by atoms with Crippen LogP contribution in [0.2, 0.25) is 0 Å². The molecule has 1 aromatic rings. The first-order chi connectivity index (χ1) is 9.37. The van der Waals surface area contributed by atoms with Crippen LogP contribution in [0.4, 0.5) is 0 Å². The van der Waals surface area contributed by atoms with E-state index in [-0.39, 0.29) is 6.04 Å². The van der Waals surface area contributed by atoms with Gasteiger partial charge in [0.2, 0.25) is 10.0 Å². The summed E-state index contributed by atoms with van der Waals surface area (Å²) in [6.45, 7) is 6.19. The summed E-state index contributed by atoms with van der Waals surface area (Å²) in [6.07, 6.45) is 0. The Bertz CT molecular complexity index is 586. The molecule has 0 aromatic heterocycles. The average molecular weight is 297 g/mol. The Morgan fingerprint density at radius 1 is 1.35 bits per heavy atom. The minimum atomic E-state index is -3.45. The van der Waals surface area contributed by atoms with Crippen molar-refractivity contribution in [2.24, 2.45) is 5.73 Å². The summed E-state index contributed by atoms with van der Waals surface area (Å²) in [6, 6.07) is 5.30. The van der Waals surface area contributed by atoms with Crippen LogP contribution in [-0.2, 0) is 16.6 Å². The average Bonchev–Trinajstić information content (AvgIpc) is 2.38. The lowest BCUT2D eigenvalue weighted by Crippen LogP contribution is -2.52. The first-order valence-corrected chi connectivity index (χ1v) is 8.31. The summed E-state index contributed by atoms with van der Waals surface area (Å²) in [4.78, 5) is 2.54. The molecule has 112 valence electrons. The third-order valence-electron chi connectivity index (χ3n) is 3.97. The lowest BCUT2D eigenvalue weighted by molar-refractivity contribution is 0.170. The molecule has 1 saturated heterocycles. The first kappa shape index (κ1) is 15.4. The number of hydrogen-bond acceptors (Lipinski definition) is 4. The van der Waals surface area contributed by atoms with Crippen LogP contribution in [0, 0.1) is 6.92 Å². The van der Waals surface area contributed by atoms with Gasteiger partial charge >= 0.3 is 0 Å². The Hall–Kier alpha value is -0.950. The van der Waals surface area contributed by atoms with Gasteiger partial charge in [-0.1, -0.05) is 12.1 Å². The molecule has 2 N–H and O–H groups in total. The number of nitrogens with two attached hydrogens (primary N) is 1. The highest BCUT2D eigenvalue weighted by molar-refractivity contribution is 7.89. The predicted molar refractivity (Wildman–Crippen MR) is 79.9 cm³/mol. The quantitative estimate of drug-likeness (QED) is 0.895. The molecular formula is C14H23N3O2S. The smallest absolute Gasteiger partial charge is 0.243 e. The molecule has 1 aliphatic rings. The van der Waals surface area contributed by atoms with E-state index in [4.69, 9.17) is 5.73 Å². The Labute approximate surface area is 121 Å². The standard InChI is InChI=1S/C14H23N3O2S/c1-11-10-16(3)7-8-17(11)20(18,19)14-6-4-5-13(9-15)12(14)2/h4-6,11H,7-10,15H2,1-3H3. The van der Waals surface area contributed by atoms with Crippen molar-refractivity contribution in [1.82, 2.24) is 9.21 Å². The normalized spacial score (nSPS) is 22.1. The summed E-state index contributed by atoms with van der Waals surface area (Å²) in [5.41, 5.74) is 7.32. The maximum Gasteiger partial charge on any atom is 0.243 e. The third kappa shape index (κ3) is 2.74. The van der Waals surface area contributed by atoms with Crippen molar-refractivity contribution < 1.29 is 8.42 Å². The predicted octanol–water partition coefficient (Wildman–Crippen LogP) is 0.778. The van der Waals surface area contributed by atoms with Crippen LogP contribution in [-0.4, -0.2) is 50.3 Å². The molecule has 20 heavy (non-hydrogen) atoms. The number of piperazine rings is 1. The molecule has 0 bridgehead atoms. The molecule has 0 aliphatic carbocycles. The molecule has 1 unspecified atom stereocenters. The molecule has 1 aliphatic heterocycles. The fourth-order valence-electron chi connectivity index (χ4n) is 2.77. The Morgan fingerprint density at radius 2 is 2.05 bits per heavy atom. The van der Waals surface area contributed by atoms with E-state index in [9.17, 15) is 8.42 Å². The van der Waals surface area contributed by atoms with Crippen LogP contribution in [0.15, 0.2) is 23.1 Å². The van der Waals surface area contributed by atoms with Gasteiger partial charge in [-0.3, -0.25) is 0 Å². The van der Waals surface area contributed by atoms with Gasteiger partial charge in [0, 0.05) is 32.2 Å². The van der Waals surface area contributed by atoms with Gasteiger partial charge in [-0.2, -0.15) is 4.31 Å². The van der Waals surface area contributed by atoms with Crippen LogP contribution < -0.4 is 5.73 Å². The number of likely N-dealkylation sites (N-methyl/N-ethyl adjacent to an activating group) is 1. The van der Waals surface area contributed by atoms with E-state index in [2.05, 4.69) is 4.90 Å². The van der Waals surface area contributed by atoms with Gasteiger partial charge in [0.05, 0.1) is 4.90 Å². The molecule has 1 heterocycles. The van der Waals surface area contributed by atoms with Crippen LogP contribution in [0.25, 0.3) is 0 Å². The van der Waals surface area contributed by atoms with Crippen molar-refractivity contribution in [1.29, 1.82) is 0 Å². The van der Waals surface area contributed by atoms with Gasteiger partial charge in [-0.15, -0.1) is 0 Å². The van der Waals surface area contributed by atoms with Crippen LogP contribution >= 0.6 is 0 Å². The highest BCUT2D eigenvalue weighted by atomic mass is 32.2. The molecule has 0 spiro atoms. The Morgan fingerprint density at radius 3 is 2.65 bits per heavy atom. The summed E-state index contributed by atoms with van der Waals surface area (Å²) in [5, 5.41) is 0. The molecule has 5 nitrogen and oxygen atoms in total. The SMILES string of the molecule is Cc1c(CN)cccc1S(=O)(=O)N1CCN(C)CC1C. The van der Waals surface area contributed by atoms with Crippen molar-refractivity contribution >= 4 is 10.0 Å². The van der Waals surface area contributed by atoms with Crippen molar-refractivity contribution in [3.63, 3.8) is 0 Å². The van der Waals surface area contributed by atoms with Gasteiger partial charge in [0.25, 0.3) is 0 Å². The highest BCUT2D eigenvalue weighted by Crippen LogP contribution is 2.25. The molecule has 6 heteroatoms. The van der Waals surface area contributed by atoms with Gasteiger partial charge in [0.15, 0.2) is 0 Å². The van der Waals surface area contributed by atoms with Gasteiger partial charge in [0.1, 0.15) is 0 Å². The molecule has 0 radical (unpaired) electrons. The minimum absolute atomic E-state index is 0.0142. The van der Waals surface area contributed by atoms with Crippen molar-refractivity contribution in [3.05, 3.63) is 29.3 Å². The number of benzene rings is 1. The largest absolute Gasteiger partial charge is 0.326 e. The zero-order chi connectivity index (χ0) is 14.9. The topological polar surface area (TPSA) is 66.6 Å². The van der Waals surface area contributed by atoms with E-state index in [1.54, 1.807) is 16.4 Å². The maximum atomic E-state index is 12.9. The lowest BCUT2D eigenvalue weighted by Gasteiger charge is -2.37. The van der Waals surface area contributed by atoms with Gasteiger partial charge < -0.3 is 10.6 Å². The number of hydrogen-bond donors (Lipinski definition) is 1. The monoisotopic (exact) mass is 297 g/mol. The second-order valence-corrected chi connectivity index (χ2v) is 7.33. The fourth-order valence-corrected chi connectivity index (χ4v) is 4.65. The number of rotatable bonds is 3. The maximum absolute atomic E-state index is 12.9. The minimum Gasteiger partial charge on any atom is -0.326 e. The Kier molecular flexibility index (Phi) is 4.49. The summed E-state index contributed by atoms with van der Waals surface area (Å²) in [5.74, 6) is 0. The van der Waals surface area contributed by atoms with Crippen LogP contribution in [0.1, 0.15) is 18.1 Å². The van der Waals surface area contributed by atoms with Crippen LogP contribution in [0.5, 0.6) is 0 Å². The van der Waals surface area contributed by atoms with Gasteiger partial charge in [-0.25, -0.2) is 8.42 Å². The number of sulfonamides is 1. The molecular weight excluding hydrogens is 274 g/mol. The molecule has 0 amide bonds. The summed E-state index contributed by atoms with van der Waals surface area (Å²) < 4.78 is 27.3. The van der Waals surface area contributed by atoms with E-state index in [1.807, 2.05) is 27.0 Å². The first-order valence-electron chi connectivity index (χ1n) is 6.87. The second kappa shape index (κ2) is 5.81. The van der Waals surface area contributed by atoms with Gasteiger partial charge in [-0.05, 0) is 38.1 Å². The molecule has 1 atom stereocenters. The van der Waals surface area contributed by atoms with Crippen molar-refractivity contribution in [2.75, 3.05) is 26.7 Å². The third-order valence-corrected chi connectivity index (χ3v) is 6.13. The fraction of sp³-hybridized carbons (Fsp3) is 0.571. The zero-order valence-electron chi connectivity index (χ0n) is 12.3. The Balaban J connectivity index is 2.40. The molecule has 1 aromatic carbocycles. The summed E-state index contributed by atoms with van der Waals surface area (Å²) in [7, 11) is -1.43. The summed E-state index contributed by atoms with van der Waals surface area (Å²) >= 11 is 0. The van der Waals surface area contributed by atoms with E-state index in [0.29, 0.717) is 18.0 Å². The van der Waals surface area contributed by atoms with E-state index in [0.717, 1.165) is 24.2 Å². The highest BCUT2D eigenvalue weighted by Gasteiger charge is 2.33. The van der Waals surface area contributed by atoms with E-state index < -0.39 is 10.0 Å². The van der Waals surface area contributed by atoms with Crippen LogP contribution in [0.3, 0.4) is 0 Å². The van der Waals surface area contributed by atoms with Crippen molar-refractivity contribution in [2.45, 2.75) is 31.3 Å². The number of nitrogens with zero attached hydrogens (tertiary/aromatic N) is 2. The lowest BCUT2D eigenvalue weighted by atomic mass is 10.1. The molecule has 0 saturated carbocycles. The van der Waals surface area contributed by atoms with Crippen molar-refractivity contribution in [3.8, 4) is 0 Å². The second-order valence-electron chi connectivity index (χ2n) is 5.47. The van der Waals surface area contributed by atoms with E-state index >= 15 is 0 Å². The zero-order valence-corrected chi connectivity index (χ0v) is 13.2. The molecule has 2 rings (SSSR count).